The molecule has 0 aromatic heterocycles. The third kappa shape index (κ3) is 5.48. The SMILES string of the molecule is Cc1ccc(C)c(C(=O)CCC(=O)N(C)C(C)CN)c1.Cl. The predicted octanol–water partition coefficient (Wildman–Crippen LogP) is 2.49. The summed E-state index contributed by atoms with van der Waals surface area (Å²) in [4.78, 5) is 25.7. The number of carbonyl (C=O) groups excluding carboxylic acids is 2. The lowest BCUT2D eigenvalue weighted by Gasteiger charge is -2.23. The lowest BCUT2D eigenvalue weighted by atomic mass is 9.99. The molecule has 0 heterocycles. The molecule has 2 N–H and O–H groups in total. The van der Waals surface area contributed by atoms with Crippen LogP contribution in [0.5, 0.6) is 0 Å². The van der Waals surface area contributed by atoms with E-state index in [2.05, 4.69) is 0 Å². The molecule has 0 aliphatic carbocycles. The molecule has 0 fully saturated rings. The minimum Gasteiger partial charge on any atom is -0.342 e. The molecule has 0 spiro atoms. The van der Waals surface area contributed by atoms with Crippen molar-refractivity contribution >= 4 is 24.1 Å². The second kappa shape index (κ2) is 8.80. The molecule has 0 aliphatic rings. The van der Waals surface area contributed by atoms with Gasteiger partial charge in [-0.2, -0.15) is 0 Å². The first-order valence-electron chi connectivity index (χ1n) is 6.93. The molecule has 1 unspecified atom stereocenters. The lowest BCUT2D eigenvalue weighted by molar-refractivity contribution is -0.131. The van der Waals surface area contributed by atoms with Crippen LogP contribution in [0, 0.1) is 13.8 Å². The fourth-order valence-electron chi connectivity index (χ4n) is 1.97. The maximum Gasteiger partial charge on any atom is 0.223 e. The smallest absolute Gasteiger partial charge is 0.223 e. The normalized spacial score (nSPS) is 11.5. The van der Waals surface area contributed by atoms with Crippen LogP contribution in [-0.4, -0.2) is 36.2 Å². The molecule has 1 rings (SSSR count). The van der Waals surface area contributed by atoms with E-state index < -0.39 is 0 Å². The number of hydrogen-bond donors (Lipinski definition) is 1. The number of ketones is 1. The molecule has 0 aliphatic heterocycles. The van der Waals surface area contributed by atoms with E-state index >= 15 is 0 Å². The minimum absolute atomic E-state index is 0. The standard InChI is InChI=1S/C16H24N2O2.ClH/c1-11-5-6-12(2)14(9-11)15(19)7-8-16(20)18(4)13(3)10-17;/h5-6,9,13H,7-8,10,17H2,1-4H3;1H. The number of aryl methyl sites for hydroxylation is 2. The fraction of sp³-hybridized carbons (Fsp3) is 0.500. The van der Waals surface area contributed by atoms with Gasteiger partial charge in [0.05, 0.1) is 0 Å². The van der Waals surface area contributed by atoms with Gasteiger partial charge in [-0.1, -0.05) is 17.7 Å². The van der Waals surface area contributed by atoms with Crippen LogP contribution in [0.15, 0.2) is 18.2 Å². The lowest BCUT2D eigenvalue weighted by Crippen LogP contribution is -2.39. The summed E-state index contributed by atoms with van der Waals surface area (Å²) in [6, 6.07) is 5.80. The highest BCUT2D eigenvalue weighted by Crippen LogP contribution is 2.14. The van der Waals surface area contributed by atoms with Gasteiger partial charge in [0.2, 0.25) is 5.91 Å². The molecule has 21 heavy (non-hydrogen) atoms. The van der Waals surface area contributed by atoms with Crippen LogP contribution >= 0.6 is 12.4 Å². The summed E-state index contributed by atoms with van der Waals surface area (Å²) in [5, 5.41) is 0. The number of hydrogen-bond acceptors (Lipinski definition) is 3. The van der Waals surface area contributed by atoms with Crippen LogP contribution in [0.2, 0.25) is 0 Å². The maximum absolute atomic E-state index is 12.2. The molecular formula is C16H25ClN2O2. The molecule has 118 valence electrons. The number of rotatable bonds is 6. The average Bonchev–Trinajstić information content (AvgIpc) is 2.45. The van der Waals surface area contributed by atoms with Crippen LogP contribution in [-0.2, 0) is 4.79 Å². The Labute approximate surface area is 133 Å². The van der Waals surface area contributed by atoms with Crippen molar-refractivity contribution < 1.29 is 9.59 Å². The Morgan fingerprint density at radius 1 is 1.24 bits per heavy atom. The van der Waals surface area contributed by atoms with Crippen molar-refractivity contribution in [1.82, 2.24) is 4.90 Å². The number of nitrogens with zero attached hydrogens (tertiary/aromatic N) is 1. The van der Waals surface area contributed by atoms with Gasteiger partial charge in [-0.15, -0.1) is 12.4 Å². The number of halogens is 1. The van der Waals surface area contributed by atoms with E-state index in [9.17, 15) is 9.59 Å². The first-order valence-corrected chi connectivity index (χ1v) is 6.93. The van der Waals surface area contributed by atoms with E-state index in [1.807, 2.05) is 39.0 Å². The molecule has 5 heteroatoms. The van der Waals surface area contributed by atoms with E-state index in [4.69, 9.17) is 5.73 Å². The Morgan fingerprint density at radius 3 is 2.43 bits per heavy atom. The van der Waals surface area contributed by atoms with Crippen molar-refractivity contribution in [3.05, 3.63) is 34.9 Å². The quantitative estimate of drug-likeness (QED) is 0.821. The summed E-state index contributed by atoms with van der Waals surface area (Å²) in [6.07, 6.45) is 0.470. The van der Waals surface area contributed by atoms with Gasteiger partial charge in [-0.3, -0.25) is 9.59 Å². The number of benzene rings is 1. The van der Waals surface area contributed by atoms with Crippen molar-refractivity contribution in [2.75, 3.05) is 13.6 Å². The summed E-state index contributed by atoms with van der Waals surface area (Å²) in [5.41, 5.74) is 8.26. The Bertz CT molecular complexity index is 503. The molecule has 1 amide bonds. The highest BCUT2D eigenvalue weighted by Gasteiger charge is 2.17. The summed E-state index contributed by atoms with van der Waals surface area (Å²) >= 11 is 0. The van der Waals surface area contributed by atoms with Crippen molar-refractivity contribution in [2.24, 2.45) is 5.73 Å². The Hall–Kier alpha value is -1.39. The molecule has 1 atom stereocenters. The third-order valence-corrected chi connectivity index (χ3v) is 3.66. The topological polar surface area (TPSA) is 63.4 Å². The van der Waals surface area contributed by atoms with Crippen molar-refractivity contribution in [2.45, 2.75) is 39.7 Å². The number of Topliss-reactive ketones (excluding diaryl/α,β-unsaturated/α-hetero) is 1. The average molecular weight is 313 g/mol. The number of carbonyl (C=O) groups is 2. The summed E-state index contributed by atoms with van der Waals surface area (Å²) in [7, 11) is 1.72. The predicted molar refractivity (Wildman–Crippen MR) is 88.0 cm³/mol. The van der Waals surface area contributed by atoms with E-state index in [0.29, 0.717) is 12.1 Å². The van der Waals surface area contributed by atoms with Crippen LogP contribution < -0.4 is 5.73 Å². The zero-order valence-corrected chi connectivity index (χ0v) is 14.0. The summed E-state index contributed by atoms with van der Waals surface area (Å²) in [5.74, 6) is -0.0186. The van der Waals surface area contributed by atoms with Crippen molar-refractivity contribution in [1.29, 1.82) is 0 Å². The monoisotopic (exact) mass is 312 g/mol. The van der Waals surface area contributed by atoms with Crippen LogP contribution in [0.1, 0.15) is 41.3 Å². The Balaban J connectivity index is 0.00000400. The van der Waals surface area contributed by atoms with Gasteiger partial charge in [0.25, 0.3) is 0 Å². The van der Waals surface area contributed by atoms with E-state index in [1.165, 1.54) is 0 Å². The molecule has 0 bridgehead atoms. The first kappa shape index (κ1) is 19.6. The zero-order chi connectivity index (χ0) is 15.3. The Kier molecular flexibility index (Phi) is 8.22. The minimum atomic E-state index is -0.0402. The van der Waals surface area contributed by atoms with Crippen molar-refractivity contribution in [3.63, 3.8) is 0 Å². The largest absolute Gasteiger partial charge is 0.342 e. The van der Waals surface area contributed by atoms with Gasteiger partial charge >= 0.3 is 0 Å². The fourth-order valence-corrected chi connectivity index (χ4v) is 1.97. The summed E-state index contributed by atoms with van der Waals surface area (Å²) in [6.45, 7) is 6.19. The second-order valence-electron chi connectivity index (χ2n) is 5.33. The molecule has 0 radical (unpaired) electrons. The van der Waals surface area contributed by atoms with Crippen molar-refractivity contribution in [3.8, 4) is 0 Å². The van der Waals surface area contributed by atoms with Gasteiger partial charge in [0.1, 0.15) is 0 Å². The zero-order valence-electron chi connectivity index (χ0n) is 13.2. The molecular weight excluding hydrogens is 288 g/mol. The highest BCUT2D eigenvalue weighted by molar-refractivity contribution is 5.99. The molecule has 0 saturated heterocycles. The number of likely N-dealkylation sites (N-methyl/N-ethyl adjacent to an activating group) is 1. The van der Waals surface area contributed by atoms with Gasteiger partial charge < -0.3 is 10.6 Å². The third-order valence-electron chi connectivity index (χ3n) is 3.66. The molecule has 0 saturated carbocycles. The van der Waals surface area contributed by atoms with E-state index in [0.717, 1.165) is 11.1 Å². The van der Waals surface area contributed by atoms with Gasteiger partial charge in [-0.25, -0.2) is 0 Å². The molecule has 1 aromatic carbocycles. The van der Waals surface area contributed by atoms with Crippen LogP contribution in [0.25, 0.3) is 0 Å². The van der Waals surface area contributed by atoms with Crippen LogP contribution in [0.4, 0.5) is 0 Å². The van der Waals surface area contributed by atoms with Crippen LogP contribution in [0.3, 0.4) is 0 Å². The Morgan fingerprint density at radius 2 is 1.86 bits per heavy atom. The first-order chi connectivity index (χ1) is 9.36. The number of nitrogens with two attached hydrogens (primary N) is 1. The van der Waals surface area contributed by atoms with E-state index in [1.54, 1.807) is 11.9 Å². The maximum atomic E-state index is 12.2. The highest BCUT2D eigenvalue weighted by atomic mass is 35.5. The van der Waals surface area contributed by atoms with Gasteiger partial charge in [0, 0.05) is 38.0 Å². The number of amides is 1. The van der Waals surface area contributed by atoms with Gasteiger partial charge in [0.15, 0.2) is 5.78 Å². The van der Waals surface area contributed by atoms with E-state index in [-0.39, 0.29) is 43.0 Å². The van der Waals surface area contributed by atoms with Gasteiger partial charge in [-0.05, 0) is 32.4 Å². The molecule has 1 aromatic rings. The summed E-state index contributed by atoms with van der Waals surface area (Å²) < 4.78 is 0. The second-order valence-corrected chi connectivity index (χ2v) is 5.33. The molecule has 4 nitrogen and oxygen atoms in total.